The summed E-state index contributed by atoms with van der Waals surface area (Å²) in [5, 5.41) is 8.54. The third-order valence-electron chi connectivity index (χ3n) is 5.46. The summed E-state index contributed by atoms with van der Waals surface area (Å²) in [6, 6.07) is 2.04. The highest BCUT2D eigenvalue weighted by molar-refractivity contribution is 5.95. The molecule has 2 aliphatic carbocycles. The molecule has 0 unspecified atom stereocenters. The van der Waals surface area contributed by atoms with E-state index < -0.39 is 0 Å². The normalized spacial score (nSPS) is 23.8. The number of hydrogen-bond donors (Lipinski definition) is 0. The van der Waals surface area contributed by atoms with Crippen LogP contribution in [0.4, 0.5) is 0 Å². The van der Waals surface area contributed by atoms with Crippen molar-refractivity contribution in [3.8, 4) is 0 Å². The van der Waals surface area contributed by atoms with Gasteiger partial charge in [-0.25, -0.2) is 0 Å². The Balaban J connectivity index is 1.32. The van der Waals surface area contributed by atoms with E-state index in [1.807, 2.05) is 15.6 Å². The van der Waals surface area contributed by atoms with Crippen molar-refractivity contribution in [3.63, 3.8) is 0 Å². The summed E-state index contributed by atoms with van der Waals surface area (Å²) in [7, 11) is 0. The Kier molecular flexibility index (Phi) is 3.24. The molecular formula is C18H22N4O2. The minimum Gasteiger partial charge on any atom is -0.468 e. The summed E-state index contributed by atoms with van der Waals surface area (Å²) in [5.41, 5.74) is 1.87. The number of hydrogen-bond acceptors (Lipinski definition) is 4. The predicted octanol–water partition coefficient (Wildman–Crippen LogP) is 2.93. The number of likely N-dealkylation sites (tertiary alicyclic amines) is 1. The Morgan fingerprint density at radius 3 is 2.83 bits per heavy atom. The molecule has 3 aliphatic rings. The third kappa shape index (κ3) is 2.54. The van der Waals surface area contributed by atoms with E-state index in [9.17, 15) is 4.79 Å². The van der Waals surface area contributed by atoms with E-state index in [0.717, 1.165) is 55.8 Å². The SMILES string of the molecule is O=C(c1ccoc1C1CC1)N1CCC[C@H]1Cn1cc(C2CC2)nn1. The van der Waals surface area contributed by atoms with Crippen molar-refractivity contribution in [1.82, 2.24) is 19.9 Å². The van der Waals surface area contributed by atoms with Crippen LogP contribution >= 0.6 is 0 Å². The number of carbonyl (C=O) groups is 1. The lowest BCUT2D eigenvalue weighted by molar-refractivity contribution is 0.0719. The minimum atomic E-state index is 0.121. The monoisotopic (exact) mass is 326 g/mol. The van der Waals surface area contributed by atoms with Gasteiger partial charge in [0.25, 0.3) is 5.91 Å². The largest absolute Gasteiger partial charge is 0.468 e. The minimum absolute atomic E-state index is 0.121. The second-order valence-electron chi connectivity index (χ2n) is 7.41. The number of carbonyl (C=O) groups excluding carboxylic acids is 1. The first kappa shape index (κ1) is 14.3. The molecule has 0 spiro atoms. The van der Waals surface area contributed by atoms with Crippen molar-refractivity contribution in [2.24, 2.45) is 0 Å². The van der Waals surface area contributed by atoms with E-state index in [2.05, 4.69) is 16.5 Å². The van der Waals surface area contributed by atoms with Gasteiger partial charge in [-0.1, -0.05) is 5.21 Å². The Morgan fingerprint density at radius 2 is 2.04 bits per heavy atom. The summed E-state index contributed by atoms with van der Waals surface area (Å²) in [5.74, 6) is 2.08. The summed E-state index contributed by atoms with van der Waals surface area (Å²) < 4.78 is 7.50. The maximum absolute atomic E-state index is 13.0. The molecule has 1 aliphatic heterocycles. The zero-order chi connectivity index (χ0) is 16.1. The van der Waals surface area contributed by atoms with Crippen LogP contribution in [0, 0.1) is 0 Å². The molecule has 126 valence electrons. The molecule has 6 heteroatoms. The molecule has 3 fully saturated rings. The van der Waals surface area contributed by atoms with Crippen molar-refractivity contribution in [1.29, 1.82) is 0 Å². The molecule has 24 heavy (non-hydrogen) atoms. The van der Waals surface area contributed by atoms with E-state index >= 15 is 0 Å². The van der Waals surface area contributed by atoms with Gasteiger partial charge in [-0.2, -0.15) is 0 Å². The summed E-state index contributed by atoms with van der Waals surface area (Å²) in [4.78, 5) is 15.0. The molecule has 0 bridgehead atoms. The van der Waals surface area contributed by atoms with E-state index in [0.29, 0.717) is 11.8 Å². The molecule has 5 rings (SSSR count). The molecular weight excluding hydrogens is 304 g/mol. The van der Waals surface area contributed by atoms with E-state index in [4.69, 9.17) is 4.42 Å². The van der Waals surface area contributed by atoms with Crippen LogP contribution < -0.4 is 0 Å². The summed E-state index contributed by atoms with van der Waals surface area (Å²) in [6.45, 7) is 1.56. The van der Waals surface area contributed by atoms with E-state index in [1.165, 1.54) is 12.8 Å². The fourth-order valence-electron chi connectivity index (χ4n) is 3.79. The summed E-state index contributed by atoms with van der Waals surface area (Å²) >= 11 is 0. The fourth-order valence-corrected chi connectivity index (χ4v) is 3.79. The van der Waals surface area contributed by atoms with Gasteiger partial charge in [0.2, 0.25) is 0 Å². The molecule has 0 aromatic carbocycles. The molecule has 1 amide bonds. The third-order valence-corrected chi connectivity index (χ3v) is 5.46. The van der Waals surface area contributed by atoms with Crippen LogP contribution in [0.15, 0.2) is 22.9 Å². The highest BCUT2D eigenvalue weighted by Gasteiger charge is 2.36. The second kappa shape index (κ2) is 5.46. The van der Waals surface area contributed by atoms with Gasteiger partial charge in [-0.15, -0.1) is 5.10 Å². The maximum atomic E-state index is 13.0. The Morgan fingerprint density at radius 1 is 1.21 bits per heavy atom. The van der Waals surface area contributed by atoms with Crippen LogP contribution in [0.5, 0.6) is 0 Å². The van der Waals surface area contributed by atoms with Gasteiger partial charge in [0.1, 0.15) is 5.76 Å². The van der Waals surface area contributed by atoms with E-state index in [-0.39, 0.29) is 11.9 Å². The molecule has 0 radical (unpaired) electrons. The lowest BCUT2D eigenvalue weighted by Gasteiger charge is -2.24. The zero-order valence-electron chi connectivity index (χ0n) is 13.7. The first-order chi connectivity index (χ1) is 11.8. The van der Waals surface area contributed by atoms with Crippen molar-refractivity contribution in [3.05, 3.63) is 35.5 Å². The summed E-state index contributed by atoms with van der Waals surface area (Å²) in [6.07, 6.45) is 10.5. The molecule has 0 N–H and O–H groups in total. The van der Waals surface area contributed by atoms with Crippen molar-refractivity contribution in [2.45, 2.75) is 62.9 Å². The molecule has 6 nitrogen and oxygen atoms in total. The van der Waals surface area contributed by atoms with Crippen LogP contribution in [0.1, 0.15) is 72.2 Å². The van der Waals surface area contributed by atoms with Gasteiger partial charge < -0.3 is 9.32 Å². The first-order valence-corrected chi connectivity index (χ1v) is 9.08. The average molecular weight is 326 g/mol. The number of nitrogens with zero attached hydrogens (tertiary/aromatic N) is 4. The molecule has 1 saturated heterocycles. The van der Waals surface area contributed by atoms with E-state index in [1.54, 1.807) is 6.26 Å². The lowest BCUT2D eigenvalue weighted by atomic mass is 10.1. The predicted molar refractivity (Wildman–Crippen MR) is 86.7 cm³/mol. The molecule has 3 heterocycles. The molecule has 2 aromatic heterocycles. The quantitative estimate of drug-likeness (QED) is 0.847. The van der Waals surface area contributed by atoms with Crippen LogP contribution in [-0.2, 0) is 6.54 Å². The van der Waals surface area contributed by atoms with Gasteiger partial charge in [0.05, 0.1) is 30.1 Å². The van der Waals surface area contributed by atoms with Crippen molar-refractivity contribution >= 4 is 5.91 Å². The lowest BCUT2D eigenvalue weighted by Crippen LogP contribution is -2.38. The second-order valence-corrected chi connectivity index (χ2v) is 7.41. The smallest absolute Gasteiger partial charge is 0.257 e. The molecule has 1 atom stereocenters. The van der Waals surface area contributed by atoms with Gasteiger partial charge in [-0.3, -0.25) is 9.48 Å². The number of rotatable bonds is 5. The number of aromatic nitrogens is 3. The Bertz CT molecular complexity index is 757. The van der Waals surface area contributed by atoms with Crippen molar-refractivity contribution in [2.75, 3.05) is 6.54 Å². The van der Waals surface area contributed by atoms with Gasteiger partial charge in [0.15, 0.2) is 0 Å². The number of amides is 1. The van der Waals surface area contributed by atoms with Crippen molar-refractivity contribution < 1.29 is 9.21 Å². The van der Waals surface area contributed by atoms with Crippen LogP contribution in [0.25, 0.3) is 0 Å². The highest BCUT2D eigenvalue weighted by atomic mass is 16.3. The molecule has 2 aromatic rings. The Hall–Kier alpha value is -2.11. The molecule has 2 saturated carbocycles. The average Bonchev–Trinajstić information content (AvgIpc) is 3.48. The van der Waals surface area contributed by atoms with Gasteiger partial charge in [-0.05, 0) is 44.6 Å². The highest BCUT2D eigenvalue weighted by Crippen LogP contribution is 2.42. The standard InChI is InChI=1S/C18H22N4O2/c23-18(15-7-9-24-17(15)13-5-6-13)22-8-1-2-14(22)10-21-11-16(19-20-21)12-3-4-12/h7,9,11-14H,1-6,8,10H2/t14-/m0/s1. The first-order valence-electron chi connectivity index (χ1n) is 9.08. The van der Waals surface area contributed by atoms with Crippen LogP contribution in [0.3, 0.4) is 0 Å². The van der Waals surface area contributed by atoms with Gasteiger partial charge >= 0.3 is 0 Å². The Labute approximate surface area is 140 Å². The maximum Gasteiger partial charge on any atom is 0.257 e. The zero-order valence-corrected chi connectivity index (χ0v) is 13.7. The topological polar surface area (TPSA) is 64.2 Å². The number of furan rings is 1. The van der Waals surface area contributed by atoms with Gasteiger partial charge in [0, 0.05) is 24.6 Å². The fraction of sp³-hybridized carbons (Fsp3) is 0.611. The van der Waals surface area contributed by atoms with Crippen LogP contribution in [-0.4, -0.2) is 38.4 Å². The van der Waals surface area contributed by atoms with Crippen LogP contribution in [0.2, 0.25) is 0 Å².